The first kappa shape index (κ1) is 17.7. The monoisotopic (exact) mass is 374 g/mol. The summed E-state index contributed by atoms with van der Waals surface area (Å²) in [6.07, 6.45) is 3.10. The van der Waals surface area contributed by atoms with Gasteiger partial charge in [0.05, 0.1) is 31.1 Å². The number of ether oxygens (including phenoxy) is 2. The lowest BCUT2D eigenvalue weighted by atomic mass is 9.77. The predicted octanol–water partition coefficient (Wildman–Crippen LogP) is 1.11. The van der Waals surface area contributed by atoms with Crippen LogP contribution in [0.25, 0.3) is 0 Å². The molecule has 0 aromatic heterocycles. The summed E-state index contributed by atoms with van der Waals surface area (Å²) in [4.78, 5) is 38.9. The molecule has 4 atom stereocenters. The highest BCUT2D eigenvalue weighted by Crippen LogP contribution is 2.52. The zero-order valence-electron chi connectivity index (χ0n) is 14.7. The summed E-state index contributed by atoms with van der Waals surface area (Å²) in [5.41, 5.74) is -0.449. The van der Waals surface area contributed by atoms with Gasteiger partial charge in [0.15, 0.2) is 0 Å². The molecule has 1 unspecified atom stereocenters. The van der Waals surface area contributed by atoms with Gasteiger partial charge in [-0.05, 0) is 31.2 Å². The maximum absolute atomic E-state index is 13.0. The van der Waals surface area contributed by atoms with E-state index in [1.165, 1.54) is 29.2 Å². The van der Waals surface area contributed by atoms with Gasteiger partial charge in [-0.15, -0.1) is 0 Å². The molecular formula is C19H19FN2O5. The molecule has 142 valence electrons. The van der Waals surface area contributed by atoms with Crippen LogP contribution in [0, 0.1) is 17.7 Å². The summed E-state index contributed by atoms with van der Waals surface area (Å²) in [6, 6.07) is 5.40. The normalized spacial score (nSPS) is 30.5. The maximum Gasteiger partial charge on any atom is 0.325 e. The van der Waals surface area contributed by atoms with Gasteiger partial charge in [0.25, 0.3) is 0 Å². The van der Waals surface area contributed by atoms with Crippen LogP contribution >= 0.6 is 0 Å². The second kappa shape index (κ2) is 6.45. The second-order valence-electron chi connectivity index (χ2n) is 6.90. The second-order valence-corrected chi connectivity index (χ2v) is 6.90. The van der Waals surface area contributed by atoms with Crippen LogP contribution in [0.4, 0.5) is 10.1 Å². The Bertz CT molecular complexity index is 824. The van der Waals surface area contributed by atoms with Gasteiger partial charge in [-0.2, -0.15) is 0 Å². The standard InChI is InChI=1S/C19H19FN2O5/c1-2-26-14(23)9-22-10-19-8-7-13(27-19)15(16(19)18(22)25)17(24)21-12-5-3-11(20)4-6-12/h3-8,13,15-16H,2,9-10H2,1H3,(H,21,24)/t13-,15+,16-,19?/m1/s1. The van der Waals surface area contributed by atoms with Crippen molar-refractivity contribution >= 4 is 23.5 Å². The van der Waals surface area contributed by atoms with Gasteiger partial charge >= 0.3 is 5.97 Å². The third kappa shape index (κ3) is 2.90. The lowest BCUT2D eigenvalue weighted by molar-refractivity contribution is -0.148. The zero-order valence-corrected chi connectivity index (χ0v) is 14.7. The number of esters is 1. The zero-order chi connectivity index (χ0) is 19.2. The Morgan fingerprint density at radius 2 is 2.11 bits per heavy atom. The molecule has 2 amide bonds. The molecule has 3 aliphatic heterocycles. The number of halogens is 1. The van der Waals surface area contributed by atoms with E-state index in [1.807, 2.05) is 6.08 Å². The minimum Gasteiger partial charge on any atom is -0.465 e. The molecule has 8 heteroatoms. The number of carbonyl (C=O) groups excluding carboxylic acids is 3. The SMILES string of the molecule is CCOC(=O)CN1CC23C=C[C@@H](O2)[C@H](C(=O)Nc2ccc(F)cc2)[C@@H]3C1=O. The Labute approximate surface area is 155 Å². The number of benzene rings is 1. The Hall–Kier alpha value is -2.74. The fraction of sp³-hybridized carbons (Fsp3) is 0.421. The quantitative estimate of drug-likeness (QED) is 0.617. The number of rotatable bonds is 5. The Morgan fingerprint density at radius 3 is 2.81 bits per heavy atom. The summed E-state index contributed by atoms with van der Waals surface area (Å²) >= 11 is 0. The van der Waals surface area contributed by atoms with Crippen molar-refractivity contribution in [1.29, 1.82) is 0 Å². The van der Waals surface area contributed by atoms with E-state index in [9.17, 15) is 18.8 Å². The fourth-order valence-electron chi connectivity index (χ4n) is 4.13. The van der Waals surface area contributed by atoms with Crippen LogP contribution in [-0.4, -0.2) is 54.1 Å². The number of anilines is 1. The maximum atomic E-state index is 13.0. The van der Waals surface area contributed by atoms with E-state index in [1.54, 1.807) is 13.0 Å². The number of nitrogens with one attached hydrogen (secondary N) is 1. The smallest absolute Gasteiger partial charge is 0.325 e. The molecule has 27 heavy (non-hydrogen) atoms. The molecular weight excluding hydrogens is 355 g/mol. The number of likely N-dealkylation sites (tertiary alicyclic amines) is 1. The Kier molecular flexibility index (Phi) is 4.22. The molecule has 7 nitrogen and oxygen atoms in total. The average molecular weight is 374 g/mol. The number of nitrogens with zero attached hydrogens (tertiary/aromatic N) is 1. The molecule has 0 saturated carbocycles. The van der Waals surface area contributed by atoms with Crippen molar-refractivity contribution in [3.63, 3.8) is 0 Å². The topological polar surface area (TPSA) is 84.9 Å². The molecule has 1 aromatic rings. The van der Waals surface area contributed by atoms with Gasteiger partial charge in [0.1, 0.15) is 18.0 Å². The van der Waals surface area contributed by atoms with Crippen LogP contribution in [0.3, 0.4) is 0 Å². The molecule has 3 aliphatic rings. The third-order valence-electron chi connectivity index (χ3n) is 5.22. The van der Waals surface area contributed by atoms with Crippen LogP contribution < -0.4 is 5.32 Å². The van der Waals surface area contributed by atoms with E-state index in [0.717, 1.165) is 0 Å². The fourth-order valence-corrected chi connectivity index (χ4v) is 4.13. The van der Waals surface area contributed by atoms with Gasteiger partial charge in [0, 0.05) is 5.69 Å². The van der Waals surface area contributed by atoms with Gasteiger partial charge in [-0.3, -0.25) is 14.4 Å². The summed E-state index contributed by atoms with van der Waals surface area (Å²) < 4.78 is 23.9. The van der Waals surface area contributed by atoms with Gasteiger partial charge in [-0.25, -0.2) is 4.39 Å². The Morgan fingerprint density at radius 1 is 1.37 bits per heavy atom. The van der Waals surface area contributed by atoms with Crippen molar-refractivity contribution in [1.82, 2.24) is 4.90 Å². The largest absolute Gasteiger partial charge is 0.465 e. The van der Waals surface area contributed by atoms with Crippen molar-refractivity contribution in [2.24, 2.45) is 11.8 Å². The van der Waals surface area contributed by atoms with E-state index in [4.69, 9.17) is 9.47 Å². The molecule has 2 fully saturated rings. The van der Waals surface area contributed by atoms with Crippen molar-refractivity contribution in [3.05, 3.63) is 42.2 Å². The number of hydrogen-bond donors (Lipinski definition) is 1. The van der Waals surface area contributed by atoms with E-state index in [2.05, 4.69) is 5.32 Å². The van der Waals surface area contributed by atoms with Gasteiger partial charge in [0.2, 0.25) is 11.8 Å². The number of amides is 2. The van der Waals surface area contributed by atoms with Crippen LogP contribution in [0.15, 0.2) is 36.4 Å². The van der Waals surface area contributed by atoms with E-state index in [-0.39, 0.29) is 31.5 Å². The van der Waals surface area contributed by atoms with Crippen molar-refractivity contribution < 1.29 is 28.2 Å². The van der Waals surface area contributed by atoms with Crippen molar-refractivity contribution in [2.45, 2.75) is 18.6 Å². The van der Waals surface area contributed by atoms with Crippen molar-refractivity contribution in [2.75, 3.05) is 25.0 Å². The number of carbonyl (C=O) groups is 3. The molecule has 2 bridgehead atoms. The van der Waals surface area contributed by atoms with Gasteiger partial charge < -0.3 is 19.7 Å². The van der Waals surface area contributed by atoms with Gasteiger partial charge in [-0.1, -0.05) is 12.2 Å². The van der Waals surface area contributed by atoms with E-state index >= 15 is 0 Å². The summed E-state index contributed by atoms with van der Waals surface area (Å²) in [6.45, 7) is 1.97. The lowest BCUT2D eigenvalue weighted by Gasteiger charge is -2.23. The predicted molar refractivity (Wildman–Crippen MR) is 92.0 cm³/mol. The summed E-state index contributed by atoms with van der Waals surface area (Å²) in [7, 11) is 0. The lowest BCUT2D eigenvalue weighted by Crippen LogP contribution is -2.41. The highest BCUT2D eigenvalue weighted by molar-refractivity contribution is 5.99. The molecule has 1 spiro atoms. The molecule has 1 N–H and O–H groups in total. The Balaban J connectivity index is 1.52. The molecule has 2 saturated heterocycles. The number of fused-ring (bicyclic) bond motifs is 1. The first-order chi connectivity index (χ1) is 12.9. The molecule has 4 rings (SSSR count). The number of hydrogen-bond acceptors (Lipinski definition) is 5. The molecule has 0 radical (unpaired) electrons. The van der Waals surface area contributed by atoms with Crippen molar-refractivity contribution in [3.8, 4) is 0 Å². The van der Waals surface area contributed by atoms with E-state index < -0.39 is 35.3 Å². The highest BCUT2D eigenvalue weighted by atomic mass is 19.1. The van der Waals surface area contributed by atoms with Crippen LogP contribution in [-0.2, 0) is 23.9 Å². The first-order valence-corrected chi connectivity index (χ1v) is 8.81. The van der Waals surface area contributed by atoms with Crippen LogP contribution in [0.5, 0.6) is 0 Å². The van der Waals surface area contributed by atoms with Crippen LogP contribution in [0.2, 0.25) is 0 Å². The first-order valence-electron chi connectivity index (χ1n) is 8.81. The van der Waals surface area contributed by atoms with Crippen LogP contribution in [0.1, 0.15) is 6.92 Å². The molecule has 1 aromatic carbocycles. The van der Waals surface area contributed by atoms with E-state index in [0.29, 0.717) is 5.69 Å². The third-order valence-corrected chi connectivity index (χ3v) is 5.22. The summed E-state index contributed by atoms with van der Waals surface area (Å²) in [5.74, 6) is -2.96. The minimum absolute atomic E-state index is 0.168. The molecule has 0 aliphatic carbocycles. The summed E-state index contributed by atoms with van der Waals surface area (Å²) in [5, 5.41) is 2.72. The molecule has 3 heterocycles. The highest BCUT2D eigenvalue weighted by Gasteiger charge is 2.66. The average Bonchev–Trinajstić information content (AvgIpc) is 3.26. The minimum atomic E-state index is -0.890.